The average Bonchev–Trinajstić information content (AvgIpc) is 3.38. The van der Waals surface area contributed by atoms with E-state index in [1.54, 1.807) is 12.3 Å². The number of hydrogen-bond acceptors (Lipinski definition) is 5. The van der Waals surface area contributed by atoms with E-state index >= 15 is 0 Å². The summed E-state index contributed by atoms with van der Waals surface area (Å²) in [6, 6.07) is 1.71. The van der Waals surface area contributed by atoms with Crippen molar-refractivity contribution in [2.75, 3.05) is 19.8 Å². The Labute approximate surface area is 147 Å². The van der Waals surface area contributed by atoms with Gasteiger partial charge in [0.25, 0.3) is 5.91 Å². The summed E-state index contributed by atoms with van der Waals surface area (Å²) in [6.45, 7) is 5.61. The van der Waals surface area contributed by atoms with Crippen molar-refractivity contribution in [3.63, 3.8) is 0 Å². The summed E-state index contributed by atoms with van der Waals surface area (Å²) in [6.07, 6.45) is 7.52. The van der Waals surface area contributed by atoms with Crippen molar-refractivity contribution in [3.05, 3.63) is 41.5 Å². The molecule has 2 aromatic heterocycles. The fourth-order valence-corrected chi connectivity index (χ4v) is 3.45. The summed E-state index contributed by atoms with van der Waals surface area (Å²) < 4.78 is 7.99. The van der Waals surface area contributed by atoms with Crippen molar-refractivity contribution < 1.29 is 9.53 Å². The number of hydrogen-bond donors (Lipinski definition) is 0. The Morgan fingerprint density at radius 3 is 2.88 bits per heavy atom. The highest BCUT2D eigenvalue weighted by atomic mass is 16.5. The summed E-state index contributed by atoms with van der Waals surface area (Å²) in [7, 11) is 0. The molecule has 1 amide bonds. The molecule has 1 aliphatic heterocycles. The molecule has 1 unspecified atom stereocenters. The first-order valence-corrected chi connectivity index (χ1v) is 8.94. The quantitative estimate of drug-likeness (QED) is 0.802. The molecule has 7 nitrogen and oxygen atoms in total. The van der Waals surface area contributed by atoms with Crippen LogP contribution in [-0.4, -0.2) is 50.5 Å². The zero-order valence-electron chi connectivity index (χ0n) is 14.5. The second-order valence-corrected chi connectivity index (χ2v) is 6.87. The second-order valence-electron chi connectivity index (χ2n) is 6.87. The van der Waals surface area contributed by atoms with Gasteiger partial charge in [0, 0.05) is 37.7 Å². The zero-order chi connectivity index (χ0) is 17.2. The predicted molar refractivity (Wildman–Crippen MR) is 91.0 cm³/mol. The first-order chi connectivity index (χ1) is 12.3. The molecule has 0 N–H and O–H groups in total. The molecule has 132 valence electrons. The highest BCUT2D eigenvalue weighted by Crippen LogP contribution is 2.32. The van der Waals surface area contributed by atoms with Crippen molar-refractivity contribution in [1.29, 1.82) is 0 Å². The van der Waals surface area contributed by atoms with Gasteiger partial charge in [-0.1, -0.05) is 0 Å². The molecule has 0 radical (unpaired) electrons. The maximum Gasteiger partial charge on any atom is 0.255 e. The van der Waals surface area contributed by atoms with Gasteiger partial charge in [-0.15, -0.1) is 0 Å². The van der Waals surface area contributed by atoms with Crippen LogP contribution in [0.15, 0.2) is 24.7 Å². The molecule has 4 rings (SSSR count). The molecule has 1 fully saturated rings. The molecule has 2 aliphatic rings. The van der Waals surface area contributed by atoms with Crippen LogP contribution in [0.5, 0.6) is 0 Å². The standard InChI is InChI=1S/C18H23N5O2/c1-2-23-17-15(8-21-23)9-22(18(24)14-5-6-19-20-7-14)10-16(17)12-25-11-13-3-4-13/h5-8,13,16H,2-4,9-12H2,1H3. The van der Waals surface area contributed by atoms with E-state index in [2.05, 4.69) is 22.2 Å². The molecule has 7 heteroatoms. The maximum atomic E-state index is 12.8. The number of amides is 1. The number of ether oxygens (including phenoxy) is 1. The zero-order valence-corrected chi connectivity index (χ0v) is 14.5. The Kier molecular flexibility index (Phi) is 4.48. The molecule has 0 saturated heterocycles. The van der Waals surface area contributed by atoms with E-state index < -0.39 is 0 Å². The van der Waals surface area contributed by atoms with Crippen LogP contribution in [0, 0.1) is 5.92 Å². The van der Waals surface area contributed by atoms with E-state index in [-0.39, 0.29) is 11.8 Å². The number of carbonyl (C=O) groups excluding carboxylic acids is 1. The third kappa shape index (κ3) is 3.42. The van der Waals surface area contributed by atoms with Crippen LogP contribution < -0.4 is 0 Å². The minimum absolute atomic E-state index is 0.0167. The summed E-state index contributed by atoms with van der Waals surface area (Å²) in [5.74, 6) is 0.875. The third-order valence-electron chi connectivity index (χ3n) is 4.94. The molecule has 0 bridgehead atoms. The van der Waals surface area contributed by atoms with Crippen molar-refractivity contribution in [1.82, 2.24) is 24.9 Å². The first kappa shape index (κ1) is 16.2. The van der Waals surface area contributed by atoms with Gasteiger partial charge in [-0.25, -0.2) is 0 Å². The molecule has 3 heterocycles. The number of aryl methyl sites for hydroxylation is 1. The fourth-order valence-electron chi connectivity index (χ4n) is 3.45. The largest absolute Gasteiger partial charge is 0.380 e. The van der Waals surface area contributed by atoms with Gasteiger partial charge in [-0.05, 0) is 31.7 Å². The number of aromatic nitrogens is 4. The van der Waals surface area contributed by atoms with E-state index in [9.17, 15) is 4.79 Å². The summed E-state index contributed by atoms with van der Waals surface area (Å²) >= 11 is 0. The van der Waals surface area contributed by atoms with Crippen molar-refractivity contribution in [2.24, 2.45) is 5.92 Å². The molecule has 1 atom stereocenters. The Bertz CT molecular complexity index is 741. The summed E-state index contributed by atoms with van der Waals surface area (Å²) in [5, 5.41) is 12.1. The van der Waals surface area contributed by atoms with Crippen LogP contribution in [0.1, 0.15) is 47.3 Å². The summed E-state index contributed by atoms with van der Waals surface area (Å²) in [5.41, 5.74) is 2.90. The van der Waals surface area contributed by atoms with Gasteiger partial charge >= 0.3 is 0 Å². The lowest BCUT2D eigenvalue weighted by atomic mass is 9.96. The Morgan fingerprint density at radius 2 is 2.16 bits per heavy atom. The minimum Gasteiger partial charge on any atom is -0.380 e. The smallest absolute Gasteiger partial charge is 0.255 e. The SMILES string of the molecule is CCn1ncc2c1C(COCC1CC1)CN(C(=O)c1ccnnc1)C2. The van der Waals surface area contributed by atoms with E-state index in [1.165, 1.54) is 24.7 Å². The van der Waals surface area contributed by atoms with Gasteiger partial charge in [0.1, 0.15) is 0 Å². The first-order valence-electron chi connectivity index (χ1n) is 8.94. The lowest BCUT2D eigenvalue weighted by Crippen LogP contribution is -2.40. The van der Waals surface area contributed by atoms with E-state index in [0.29, 0.717) is 25.3 Å². The van der Waals surface area contributed by atoms with Crippen molar-refractivity contribution in [3.8, 4) is 0 Å². The van der Waals surface area contributed by atoms with Crippen molar-refractivity contribution >= 4 is 5.91 Å². The van der Waals surface area contributed by atoms with E-state index in [4.69, 9.17) is 4.74 Å². The van der Waals surface area contributed by atoms with Gasteiger partial charge in [-0.2, -0.15) is 15.3 Å². The predicted octanol–water partition coefficient (Wildman–Crippen LogP) is 1.86. The molecule has 0 spiro atoms. The minimum atomic E-state index is -0.0167. The highest BCUT2D eigenvalue weighted by Gasteiger charge is 2.32. The van der Waals surface area contributed by atoms with E-state index in [1.807, 2.05) is 15.8 Å². The molecule has 1 saturated carbocycles. The van der Waals surface area contributed by atoms with Crippen LogP contribution in [-0.2, 0) is 17.8 Å². The van der Waals surface area contributed by atoms with Gasteiger partial charge < -0.3 is 9.64 Å². The highest BCUT2D eigenvalue weighted by molar-refractivity contribution is 5.94. The van der Waals surface area contributed by atoms with Crippen LogP contribution >= 0.6 is 0 Å². The lowest BCUT2D eigenvalue weighted by molar-refractivity contribution is 0.0619. The third-order valence-corrected chi connectivity index (χ3v) is 4.94. The van der Waals surface area contributed by atoms with E-state index in [0.717, 1.165) is 24.6 Å². The number of carbonyl (C=O) groups is 1. The monoisotopic (exact) mass is 341 g/mol. The molecular weight excluding hydrogens is 318 g/mol. The number of nitrogens with zero attached hydrogens (tertiary/aromatic N) is 5. The number of rotatable bonds is 6. The van der Waals surface area contributed by atoms with Crippen LogP contribution in [0.2, 0.25) is 0 Å². The molecule has 1 aliphatic carbocycles. The molecular formula is C18H23N5O2. The summed E-state index contributed by atoms with van der Waals surface area (Å²) in [4.78, 5) is 14.7. The normalized spacial score (nSPS) is 19.7. The fraction of sp³-hybridized carbons (Fsp3) is 0.556. The lowest BCUT2D eigenvalue weighted by Gasteiger charge is -2.33. The maximum absolute atomic E-state index is 12.8. The second kappa shape index (κ2) is 6.92. The van der Waals surface area contributed by atoms with Crippen LogP contribution in [0.3, 0.4) is 0 Å². The van der Waals surface area contributed by atoms with Gasteiger partial charge in [0.2, 0.25) is 0 Å². The molecule has 0 aromatic carbocycles. The van der Waals surface area contributed by atoms with Gasteiger partial charge in [-0.3, -0.25) is 9.48 Å². The van der Waals surface area contributed by atoms with Crippen LogP contribution in [0.4, 0.5) is 0 Å². The molecule has 25 heavy (non-hydrogen) atoms. The van der Waals surface area contributed by atoms with Gasteiger partial charge in [0.15, 0.2) is 0 Å². The Morgan fingerprint density at radius 1 is 1.28 bits per heavy atom. The van der Waals surface area contributed by atoms with Crippen LogP contribution in [0.25, 0.3) is 0 Å². The topological polar surface area (TPSA) is 73.1 Å². The Balaban J connectivity index is 1.54. The Hall–Kier alpha value is -2.28. The van der Waals surface area contributed by atoms with Crippen molar-refractivity contribution in [2.45, 2.75) is 38.8 Å². The average molecular weight is 341 g/mol. The van der Waals surface area contributed by atoms with Gasteiger partial charge in [0.05, 0.1) is 36.5 Å². The molecule has 2 aromatic rings. The number of fused-ring (bicyclic) bond motifs is 1.